The van der Waals surface area contributed by atoms with Crippen LogP contribution in [0.15, 0.2) is 0 Å². The molecule has 5 heteroatoms. The van der Waals surface area contributed by atoms with Gasteiger partial charge in [-0.15, -0.1) is 0 Å². The van der Waals surface area contributed by atoms with E-state index in [4.69, 9.17) is 0 Å². The molecule has 0 unspecified atom stereocenters. The molecule has 3 amide bonds. The maximum atomic E-state index is 11.6. The van der Waals surface area contributed by atoms with E-state index in [-0.39, 0.29) is 24.0 Å². The van der Waals surface area contributed by atoms with Crippen LogP contribution in [0, 0.1) is 0 Å². The Balaban J connectivity index is 2.08. The Hall–Kier alpha value is -1.10. The number of rotatable bonds is 1. The second kappa shape index (κ2) is 3.57. The number of hydrogen-bond acceptors (Lipinski definition) is 3. The van der Waals surface area contributed by atoms with E-state index in [0.29, 0.717) is 0 Å². The Labute approximate surface area is 82.8 Å². The number of carbonyl (C=O) groups excluding carboxylic acids is 2. The van der Waals surface area contributed by atoms with Crippen molar-refractivity contribution in [1.29, 1.82) is 0 Å². The van der Waals surface area contributed by atoms with E-state index in [1.165, 1.54) is 4.90 Å². The number of nitrogens with one attached hydrogen (secondary N) is 2. The Morgan fingerprint density at radius 2 is 1.93 bits per heavy atom. The number of carbonyl (C=O) groups is 2. The molecule has 0 aromatic heterocycles. The van der Waals surface area contributed by atoms with Gasteiger partial charge in [-0.1, -0.05) is 0 Å². The highest BCUT2D eigenvalue weighted by Gasteiger charge is 2.39. The molecule has 0 spiro atoms. The standard InChI is InChI=1S/C9H15N3O2/c1-6-8(13)12(9(14)11-6)7-2-4-10-5-3-7/h6-7,10H,2-5H2,1H3,(H,11,14)/t6-/m1/s1. The highest BCUT2D eigenvalue weighted by Crippen LogP contribution is 2.17. The molecule has 2 rings (SSSR count). The molecular weight excluding hydrogens is 182 g/mol. The fourth-order valence-corrected chi connectivity index (χ4v) is 2.04. The van der Waals surface area contributed by atoms with E-state index in [9.17, 15) is 9.59 Å². The van der Waals surface area contributed by atoms with Gasteiger partial charge in [0, 0.05) is 6.04 Å². The lowest BCUT2D eigenvalue weighted by atomic mass is 10.1. The third-order valence-corrected chi connectivity index (χ3v) is 2.84. The molecule has 2 aliphatic rings. The fraction of sp³-hybridized carbons (Fsp3) is 0.778. The summed E-state index contributed by atoms with van der Waals surface area (Å²) in [5, 5.41) is 5.84. The van der Waals surface area contributed by atoms with Gasteiger partial charge in [0.05, 0.1) is 0 Å². The summed E-state index contributed by atoms with van der Waals surface area (Å²) >= 11 is 0. The van der Waals surface area contributed by atoms with Gasteiger partial charge in [0.2, 0.25) is 0 Å². The van der Waals surface area contributed by atoms with Crippen LogP contribution in [-0.2, 0) is 4.79 Å². The van der Waals surface area contributed by atoms with E-state index in [2.05, 4.69) is 10.6 Å². The van der Waals surface area contributed by atoms with Crippen LogP contribution < -0.4 is 10.6 Å². The van der Waals surface area contributed by atoms with Crippen molar-refractivity contribution >= 4 is 11.9 Å². The predicted molar refractivity (Wildman–Crippen MR) is 50.7 cm³/mol. The molecule has 2 heterocycles. The average Bonchev–Trinajstić information content (AvgIpc) is 2.43. The summed E-state index contributed by atoms with van der Waals surface area (Å²) in [5.41, 5.74) is 0. The maximum Gasteiger partial charge on any atom is 0.325 e. The highest BCUT2D eigenvalue weighted by atomic mass is 16.2. The summed E-state index contributed by atoms with van der Waals surface area (Å²) in [6.45, 7) is 3.49. The molecule has 2 fully saturated rings. The zero-order valence-corrected chi connectivity index (χ0v) is 8.25. The largest absolute Gasteiger partial charge is 0.326 e. The first-order valence-electron chi connectivity index (χ1n) is 5.04. The topological polar surface area (TPSA) is 61.4 Å². The quantitative estimate of drug-likeness (QED) is 0.566. The van der Waals surface area contributed by atoms with Gasteiger partial charge in [0.1, 0.15) is 6.04 Å². The first kappa shape index (κ1) is 9.45. The van der Waals surface area contributed by atoms with Gasteiger partial charge in [-0.3, -0.25) is 9.69 Å². The molecule has 0 aromatic rings. The van der Waals surface area contributed by atoms with Crippen LogP contribution in [0.1, 0.15) is 19.8 Å². The van der Waals surface area contributed by atoms with Crippen LogP contribution in [0.2, 0.25) is 0 Å². The fourth-order valence-electron chi connectivity index (χ4n) is 2.04. The van der Waals surface area contributed by atoms with Crippen molar-refractivity contribution < 1.29 is 9.59 Å². The second-order valence-electron chi connectivity index (χ2n) is 3.86. The molecule has 0 aromatic carbocycles. The molecule has 0 saturated carbocycles. The van der Waals surface area contributed by atoms with Crippen molar-refractivity contribution in [2.24, 2.45) is 0 Å². The molecule has 2 saturated heterocycles. The number of amides is 3. The van der Waals surface area contributed by atoms with Crippen LogP contribution >= 0.6 is 0 Å². The molecule has 14 heavy (non-hydrogen) atoms. The maximum absolute atomic E-state index is 11.6. The molecule has 0 bridgehead atoms. The lowest BCUT2D eigenvalue weighted by Crippen LogP contribution is -2.46. The van der Waals surface area contributed by atoms with Crippen molar-refractivity contribution in [3.05, 3.63) is 0 Å². The van der Waals surface area contributed by atoms with Gasteiger partial charge in [0.25, 0.3) is 5.91 Å². The zero-order valence-electron chi connectivity index (χ0n) is 8.25. The third kappa shape index (κ3) is 1.48. The smallest absolute Gasteiger partial charge is 0.325 e. The van der Waals surface area contributed by atoms with Crippen LogP contribution in [0.5, 0.6) is 0 Å². The van der Waals surface area contributed by atoms with Crippen molar-refractivity contribution in [3.63, 3.8) is 0 Å². The van der Waals surface area contributed by atoms with E-state index in [1.807, 2.05) is 0 Å². The summed E-state index contributed by atoms with van der Waals surface area (Å²) in [6, 6.07) is -0.486. The van der Waals surface area contributed by atoms with E-state index >= 15 is 0 Å². The number of urea groups is 1. The lowest BCUT2D eigenvalue weighted by Gasteiger charge is -2.29. The van der Waals surface area contributed by atoms with Crippen LogP contribution in [0.3, 0.4) is 0 Å². The number of hydrogen-bond donors (Lipinski definition) is 2. The molecule has 2 N–H and O–H groups in total. The molecule has 0 aliphatic carbocycles. The molecule has 1 atom stereocenters. The summed E-state index contributed by atoms with van der Waals surface area (Å²) in [7, 11) is 0. The first-order chi connectivity index (χ1) is 6.70. The summed E-state index contributed by atoms with van der Waals surface area (Å²) in [6.07, 6.45) is 1.73. The van der Waals surface area contributed by atoms with Crippen molar-refractivity contribution in [1.82, 2.24) is 15.5 Å². The summed E-state index contributed by atoms with van der Waals surface area (Å²) in [5.74, 6) is -0.0816. The minimum absolute atomic E-state index is 0.0816. The van der Waals surface area contributed by atoms with Gasteiger partial charge < -0.3 is 10.6 Å². The Morgan fingerprint density at radius 3 is 2.43 bits per heavy atom. The van der Waals surface area contributed by atoms with Crippen LogP contribution in [0.4, 0.5) is 4.79 Å². The van der Waals surface area contributed by atoms with Crippen molar-refractivity contribution in [2.75, 3.05) is 13.1 Å². The monoisotopic (exact) mass is 197 g/mol. The summed E-state index contributed by atoms with van der Waals surface area (Å²) < 4.78 is 0. The molecular formula is C9H15N3O2. The van der Waals surface area contributed by atoms with E-state index in [1.54, 1.807) is 6.92 Å². The number of imide groups is 1. The Bertz CT molecular complexity index is 261. The second-order valence-corrected chi connectivity index (χ2v) is 3.86. The normalized spacial score (nSPS) is 29.5. The van der Waals surface area contributed by atoms with Gasteiger partial charge in [-0.2, -0.15) is 0 Å². The summed E-state index contributed by atoms with van der Waals surface area (Å²) in [4.78, 5) is 24.5. The third-order valence-electron chi connectivity index (χ3n) is 2.84. The van der Waals surface area contributed by atoms with E-state index < -0.39 is 0 Å². The zero-order chi connectivity index (χ0) is 10.1. The SMILES string of the molecule is C[C@H]1NC(=O)N(C2CCNCC2)C1=O. The van der Waals surface area contributed by atoms with Crippen LogP contribution in [0.25, 0.3) is 0 Å². The Morgan fingerprint density at radius 1 is 1.29 bits per heavy atom. The lowest BCUT2D eigenvalue weighted by molar-refractivity contribution is -0.129. The molecule has 78 valence electrons. The number of piperidine rings is 1. The van der Waals surface area contributed by atoms with Gasteiger partial charge in [0.15, 0.2) is 0 Å². The van der Waals surface area contributed by atoms with Gasteiger partial charge in [-0.05, 0) is 32.9 Å². The minimum Gasteiger partial charge on any atom is -0.326 e. The predicted octanol–water partition coefficient (Wildman–Crippen LogP) is -0.321. The minimum atomic E-state index is -0.350. The van der Waals surface area contributed by atoms with Crippen molar-refractivity contribution in [3.8, 4) is 0 Å². The van der Waals surface area contributed by atoms with Gasteiger partial charge in [-0.25, -0.2) is 4.79 Å². The first-order valence-corrected chi connectivity index (χ1v) is 5.04. The van der Waals surface area contributed by atoms with Crippen LogP contribution in [-0.4, -0.2) is 42.0 Å². The molecule has 0 radical (unpaired) electrons. The van der Waals surface area contributed by atoms with E-state index in [0.717, 1.165) is 25.9 Å². The highest BCUT2D eigenvalue weighted by molar-refractivity contribution is 6.04. The Kier molecular flexibility index (Phi) is 2.41. The average molecular weight is 197 g/mol. The van der Waals surface area contributed by atoms with Gasteiger partial charge >= 0.3 is 6.03 Å². The molecule has 5 nitrogen and oxygen atoms in total. The van der Waals surface area contributed by atoms with Crippen molar-refractivity contribution in [2.45, 2.75) is 31.8 Å². The molecule has 2 aliphatic heterocycles. The number of nitrogens with zero attached hydrogens (tertiary/aromatic N) is 1.